The van der Waals surface area contributed by atoms with Crippen LogP contribution in [0.2, 0.25) is 0 Å². The molecule has 1 aromatic heterocycles. The van der Waals surface area contributed by atoms with E-state index in [0.29, 0.717) is 11.5 Å². The number of hydrogen-bond acceptors (Lipinski definition) is 6. The molecule has 2 aromatic rings. The minimum Gasteiger partial charge on any atom is -0.484 e. The summed E-state index contributed by atoms with van der Waals surface area (Å²) in [7, 11) is 0. The van der Waals surface area contributed by atoms with Gasteiger partial charge in [0.2, 0.25) is 0 Å². The minimum atomic E-state index is -0.512. The van der Waals surface area contributed by atoms with Gasteiger partial charge in [-0.3, -0.25) is 14.9 Å². The normalized spacial score (nSPS) is 10.6. The van der Waals surface area contributed by atoms with Crippen LogP contribution >= 0.6 is 0 Å². The van der Waals surface area contributed by atoms with Gasteiger partial charge in [0.05, 0.1) is 11.1 Å². The molecule has 1 amide bonds. The number of carbonyl (C=O) groups excluding carboxylic acids is 1. The Morgan fingerprint density at radius 2 is 2.09 bits per heavy atom. The highest BCUT2D eigenvalue weighted by Gasteiger charge is 2.06. The van der Waals surface area contributed by atoms with E-state index in [1.807, 2.05) is 0 Å². The van der Waals surface area contributed by atoms with Gasteiger partial charge < -0.3 is 9.15 Å². The largest absolute Gasteiger partial charge is 0.484 e. The van der Waals surface area contributed by atoms with Crippen LogP contribution in [0.5, 0.6) is 5.75 Å². The van der Waals surface area contributed by atoms with Crippen molar-refractivity contribution in [1.29, 1.82) is 0 Å². The summed E-state index contributed by atoms with van der Waals surface area (Å²) in [6.07, 6.45) is 1.37. The Balaban J connectivity index is 1.77. The highest BCUT2D eigenvalue weighted by Crippen LogP contribution is 2.16. The van der Waals surface area contributed by atoms with Crippen molar-refractivity contribution in [2.75, 3.05) is 6.61 Å². The summed E-state index contributed by atoms with van der Waals surface area (Å²) in [5, 5.41) is 14.2. The molecule has 0 aliphatic carbocycles. The van der Waals surface area contributed by atoms with Gasteiger partial charge in [0.25, 0.3) is 11.6 Å². The van der Waals surface area contributed by atoms with Crippen LogP contribution in [-0.2, 0) is 4.79 Å². The summed E-state index contributed by atoms with van der Waals surface area (Å²) in [5.74, 6) is 1.16. The van der Waals surface area contributed by atoms with E-state index in [4.69, 9.17) is 9.15 Å². The molecule has 1 aromatic carbocycles. The van der Waals surface area contributed by atoms with Gasteiger partial charge in [-0.15, -0.1) is 0 Å². The van der Waals surface area contributed by atoms with E-state index in [1.165, 1.54) is 30.5 Å². The molecule has 0 atom stereocenters. The summed E-state index contributed by atoms with van der Waals surface area (Å²) in [5.41, 5.74) is 2.23. The van der Waals surface area contributed by atoms with Crippen LogP contribution in [0.1, 0.15) is 11.5 Å². The molecular weight excluding hydrogens is 290 g/mol. The number of non-ortho nitro benzene ring substituents is 1. The third-order valence-corrected chi connectivity index (χ3v) is 2.56. The van der Waals surface area contributed by atoms with E-state index >= 15 is 0 Å². The number of furan rings is 1. The first-order valence-corrected chi connectivity index (χ1v) is 6.30. The second-order valence-corrected chi connectivity index (χ2v) is 4.28. The molecule has 8 heteroatoms. The lowest BCUT2D eigenvalue weighted by molar-refractivity contribution is -0.384. The van der Waals surface area contributed by atoms with Crippen LogP contribution in [0.15, 0.2) is 45.9 Å². The van der Waals surface area contributed by atoms with E-state index in [0.717, 1.165) is 5.76 Å². The second-order valence-electron chi connectivity index (χ2n) is 4.28. The molecule has 1 heterocycles. The van der Waals surface area contributed by atoms with Crippen LogP contribution in [0.4, 0.5) is 5.69 Å². The van der Waals surface area contributed by atoms with E-state index < -0.39 is 10.8 Å². The Hall–Kier alpha value is -3.16. The van der Waals surface area contributed by atoms with Crippen molar-refractivity contribution >= 4 is 17.8 Å². The predicted octanol–water partition coefficient (Wildman–Crippen LogP) is 2.03. The van der Waals surface area contributed by atoms with Crippen LogP contribution in [0, 0.1) is 17.0 Å². The van der Waals surface area contributed by atoms with Crippen LogP contribution < -0.4 is 10.2 Å². The summed E-state index contributed by atoms with van der Waals surface area (Å²) < 4.78 is 10.4. The van der Waals surface area contributed by atoms with E-state index in [-0.39, 0.29) is 12.3 Å². The van der Waals surface area contributed by atoms with Crippen molar-refractivity contribution in [3.63, 3.8) is 0 Å². The number of ether oxygens (including phenoxy) is 1. The fourth-order valence-corrected chi connectivity index (χ4v) is 1.54. The van der Waals surface area contributed by atoms with Crippen molar-refractivity contribution in [2.24, 2.45) is 5.10 Å². The first-order valence-electron chi connectivity index (χ1n) is 6.30. The van der Waals surface area contributed by atoms with Crippen LogP contribution in [-0.4, -0.2) is 23.7 Å². The lowest BCUT2D eigenvalue weighted by Gasteiger charge is -2.04. The third-order valence-electron chi connectivity index (χ3n) is 2.56. The smallest absolute Gasteiger partial charge is 0.277 e. The monoisotopic (exact) mass is 303 g/mol. The SMILES string of the molecule is Cc1ccc(/C=N\NC(=O)COc2ccc([N+](=O)[O-])cc2)o1. The van der Waals surface area contributed by atoms with Crippen molar-refractivity contribution in [3.05, 3.63) is 58.0 Å². The molecule has 2 rings (SSSR count). The van der Waals surface area contributed by atoms with E-state index in [1.54, 1.807) is 19.1 Å². The molecule has 0 spiro atoms. The maximum absolute atomic E-state index is 11.5. The number of hydrogen-bond donors (Lipinski definition) is 1. The van der Waals surface area contributed by atoms with Gasteiger partial charge in [-0.2, -0.15) is 5.10 Å². The van der Waals surface area contributed by atoms with Gasteiger partial charge in [0.15, 0.2) is 6.61 Å². The average Bonchev–Trinajstić information content (AvgIpc) is 2.91. The number of amides is 1. The molecule has 0 radical (unpaired) electrons. The van der Waals surface area contributed by atoms with Crippen molar-refractivity contribution in [2.45, 2.75) is 6.92 Å². The molecule has 0 aliphatic rings. The fourth-order valence-electron chi connectivity index (χ4n) is 1.54. The lowest BCUT2D eigenvalue weighted by Crippen LogP contribution is -2.24. The van der Waals surface area contributed by atoms with Gasteiger partial charge in [-0.1, -0.05) is 0 Å². The number of benzene rings is 1. The van der Waals surface area contributed by atoms with Gasteiger partial charge in [0.1, 0.15) is 17.3 Å². The van der Waals surface area contributed by atoms with E-state index in [2.05, 4.69) is 10.5 Å². The Morgan fingerprint density at radius 1 is 1.36 bits per heavy atom. The molecule has 0 aliphatic heterocycles. The average molecular weight is 303 g/mol. The number of nitro benzene ring substituents is 1. The molecule has 0 saturated carbocycles. The zero-order valence-corrected chi connectivity index (χ0v) is 11.7. The molecular formula is C14H13N3O5. The summed E-state index contributed by atoms with van der Waals surface area (Å²) >= 11 is 0. The van der Waals surface area contributed by atoms with Gasteiger partial charge in [-0.05, 0) is 31.2 Å². The topological polar surface area (TPSA) is 107 Å². The maximum atomic E-state index is 11.5. The van der Waals surface area contributed by atoms with Crippen molar-refractivity contribution in [3.8, 4) is 5.75 Å². The molecule has 1 N–H and O–H groups in total. The minimum absolute atomic E-state index is 0.0462. The number of rotatable bonds is 6. The number of aryl methyl sites for hydroxylation is 1. The van der Waals surface area contributed by atoms with Crippen molar-refractivity contribution in [1.82, 2.24) is 5.43 Å². The maximum Gasteiger partial charge on any atom is 0.277 e. The number of nitrogens with one attached hydrogen (secondary N) is 1. The lowest BCUT2D eigenvalue weighted by atomic mass is 10.3. The van der Waals surface area contributed by atoms with Crippen LogP contribution in [0.3, 0.4) is 0 Å². The number of nitrogens with zero attached hydrogens (tertiary/aromatic N) is 2. The Bertz CT molecular complexity index is 691. The first kappa shape index (κ1) is 15.2. The number of hydrazone groups is 1. The highest BCUT2D eigenvalue weighted by molar-refractivity contribution is 5.81. The molecule has 114 valence electrons. The van der Waals surface area contributed by atoms with E-state index in [9.17, 15) is 14.9 Å². The Kier molecular flexibility index (Phi) is 4.86. The Labute approximate surface area is 125 Å². The zero-order chi connectivity index (χ0) is 15.9. The fraction of sp³-hybridized carbons (Fsp3) is 0.143. The number of carbonyl (C=O) groups is 1. The number of nitro groups is 1. The molecule has 0 bridgehead atoms. The van der Waals surface area contributed by atoms with Crippen molar-refractivity contribution < 1.29 is 18.9 Å². The standard InChI is InChI=1S/C14H13N3O5/c1-10-2-5-13(22-10)8-15-16-14(18)9-21-12-6-3-11(4-7-12)17(19)20/h2-8H,9H2,1H3,(H,16,18)/b15-8-. The predicted molar refractivity (Wildman–Crippen MR) is 77.8 cm³/mol. The third kappa shape index (κ3) is 4.44. The highest BCUT2D eigenvalue weighted by atomic mass is 16.6. The molecule has 22 heavy (non-hydrogen) atoms. The Morgan fingerprint density at radius 3 is 2.68 bits per heavy atom. The summed E-state index contributed by atoms with van der Waals surface area (Å²) in [6.45, 7) is 1.54. The van der Waals surface area contributed by atoms with Gasteiger partial charge in [0, 0.05) is 12.1 Å². The van der Waals surface area contributed by atoms with Gasteiger partial charge >= 0.3 is 0 Å². The summed E-state index contributed by atoms with van der Waals surface area (Å²) in [4.78, 5) is 21.5. The first-order chi connectivity index (χ1) is 10.5. The molecule has 0 unspecified atom stereocenters. The quantitative estimate of drug-likeness (QED) is 0.499. The van der Waals surface area contributed by atoms with Gasteiger partial charge in [-0.25, -0.2) is 5.43 Å². The summed E-state index contributed by atoms with van der Waals surface area (Å²) in [6, 6.07) is 8.93. The zero-order valence-electron chi connectivity index (χ0n) is 11.7. The second kappa shape index (κ2) is 7.02. The molecule has 0 saturated heterocycles. The van der Waals surface area contributed by atoms with Crippen LogP contribution in [0.25, 0.3) is 0 Å². The molecule has 0 fully saturated rings. The molecule has 8 nitrogen and oxygen atoms in total.